The number of carbonyl (C=O) groups is 2. The number of pyridine rings is 1. The third kappa shape index (κ3) is 5.19. The zero-order valence-corrected chi connectivity index (χ0v) is 17.4. The average Bonchev–Trinajstić information content (AvgIpc) is 2.76. The van der Waals surface area contributed by atoms with Crippen molar-refractivity contribution in [1.82, 2.24) is 4.98 Å². The summed E-state index contributed by atoms with van der Waals surface area (Å²) in [7, 11) is 0. The first-order chi connectivity index (χ1) is 15.0. The van der Waals surface area contributed by atoms with Crippen molar-refractivity contribution in [1.29, 1.82) is 0 Å². The predicted octanol–water partition coefficient (Wildman–Crippen LogP) is 4.39. The quantitative estimate of drug-likeness (QED) is 0.621. The Morgan fingerprint density at radius 3 is 2.65 bits per heavy atom. The zero-order chi connectivity index (χ0) is 21.8. The van der Waals surface area contributed by atoms with Crippen molar-refractivity contribution in [3.05, 3.63) is 71.4 Å². The van der Waals surface area contributed by atoms with Crippen molar-refractivity contribution >= 4 is 23.2 Å². The van der Waals surface area contributed by atoms with Crippen LogP contribution in [0.4, 0.5) is 11.4 Å². The van der Waals surface area contributed by atoms with Gasteiger partial charge in [-0.15, -0.1) is 0 Å². The highest BCUT2D eigenvalue weighted by Gasteiger charge is 2.15. The Hall–Kier alpha value is -3.87. The van der Waals surface area contributed by atoms with Gasteiger partial charge in [0.05, 0.1) is 11.9 Å². The van der Waals surface area contributed by atoms with Gasteiger partial charge in [0.15, 0.2) is 6.61 Å². The number of amides is 2. The molecule has 7 heteroatoms. The van der Waals surface area contributed by atoms with E-state index in [2.05, 4.69) is 15.6 Å². The molecule has 3 aromatic rings. The SMILES string of the molecule is Cc1ccc(Oc2ccc(NC(=O)COc3ccc4c(c3)CCC(=O)N4)cn2)cc1C. The molecule has 0 fully saturated rings. The molecule has 2 N–H and O–H groups in total. The molecule has 0 aliphatic carbocycles. The molecule has 1 aliphatic heterocycles. The number of rotatable bonds is 6. The molecule has 0 radical (unpaired) electrons. The molecule has 158 valence electrons. The van der Waals surface area contributed by atoms with Crippen LogP contribution in [0.3, 0.4) is 0 Å². The van der Waals surface area contributed by atoms with Crippen LogP contribution < -0.4 is 20.1 Å². The maximum atomic E-state index is 12.2. The molecule has 1 aromatic heterocycles. The number of aromatic nitrogens is 1. The highest BCUT2D eigenvalue weighted by Crippen LogP contribution is 2.27. The Labute approximate surface area is 180 Å². The van der Waals surface area contributed by atoms with Crippen LogP contribution in [0.25, 0.3) is 0 Å². The Morgan fingerprint density at radius 2 is 1.87 bits per heavy atom. The van der Waals surface area contributed by atoms with Gasteiger partial charge in [-0.1, -0.05) is 6.07 Å². The van der Waals surface area contributed by atoms with Crippen molar-refractivity contribution in [2.75, 3.05) is 17.2 Å². The van der Waals surface area contributed by atoms with E-state index < -0.39 is 0 Å². The standard InChI is InChI=1S/C24H23N3O4/c1-15-3-6-20(11-16(15)2)31-24-10-5-18(13-25-24)26-23(29)14-30-19-7-8-21-17(12-19)4-9-22(28)27-21/h3,5-8,10-13H,4,9,14H2,1-2H3,(H,26,29)(H,27,28). The third-order valence-electron chi connectivity index (χ3n) is 5.06. The van der Waals surface area contributed by atoms with E-state index in [4.69, 9.17) is 9.47 Å². The molecule has 0 spiro atoms. The minimum atomic E-state index is -0.296. The number of carbonyl (C=O) groups excluding carboxylic acids is 2. The van der Waals surface area contributed by atoms with Crippen LogP contribution >= 0.6 is 0 Å². The maximum absolute atomic E-state index is 12.2. The number of nitrogens with one attached hydrogen (secondary N) is 2. The molecule has 0 unspecified atom stereocenters. The van der Waals surface area contributed by atoms with Gasteiger partial charge >= 0.3 is 0 Å². The van der Waals surface area contributed by atoms with Crippen LogP contribution in [0.5, 0.6) is 17.4 Å². The Balaban J connectivity index is 1.29. The molecule has 0 saturated carbocycles. The minimum Gasteiger partial charge on any atom is -0.484 e. The second kappa shape index (κ2) is 8.87. The molecular weight excluding hydrogens is 394 g/mol. The van der Waals surface area contributed by atoms with Crippen molar-refractivity contribution < 1.29 is 19.1 Å². The van der Waals surface area contributed by atoms with Gasteiger partial charge in [0.25, 0.3) is 5.91 Å². The Kier molecular flexibility index (Phi) is 5.84. The molecule has 0 saturated heterocycles. The molecular formula is C24H23N3O4. The second-order valence-electron chi connectivity index (χ2n) is 7.44. The molecule has 1 aliphatic rings. The first-order valence-corrected chi connectivity index (χ1v) is 10.0. The van der Waals surface area contributed by atoms with Gasteiger partial charge in [0, 0.05) is 18.2 Å². The lowest BCUT2D eigenvalue weighted by Crippen LogP contribution is -2.21. The van der Waals surface area contributed by atoms with Crippen LogP contribution in [0.2, 0.25) is 0 Å². The average molecular weight is 417 g/mol. The van der Waals surface area contributed by atoms with Crippen molar-refractivity contribution in [2.45, 2.75) is 26.7 Å². The summed E-state index contributed by atoms with van der Waals surface area (Å²) in [4.78, 5) is 27.9. The fourth-order valence-corrected chi connectivity index (χ4v) is 3.21. The van der Waals surface area contributed by atoms with Crippen LogP contribution in [0.15, 0.2) is 54.7 Å². The summed E-state index contributed by atoms with van der Waals surface area (Å²) in [5, 5.41) is 5.57. The van der Waals surface area contributed by atoms with E-state index >= 15 is 0 Å². The normalized spacial score (nSPS) is 12.5. The minimum absolute atomic E-state index is 0.0135. The number of hydrogen-bond donors (Lipinski definition) is 2. The van der Waals surface area contributed by atoms with E-state index in [-0.39, 0.29) is 18.4 Å². The van der Waals surface area contributed by atoms with Gasteiger partial charge in [0.1, 0.15) is 11.5 Å². The second-order valence-corrected chi connectivity index (χ2v) is 7.44. The molecule has 2 heterocycles. The van der Waals surface area contributed by atoms with Gasteiger partial charge in [-0.25, -0.2) is 4.98 Å². The summed E-state index contributed by atoms with van der Waals surface area (Å²) >= 11 is 0. The number of hydrogen-bond acceptors (Lipinski definition) is 5. The molecule has 2 aromatic carbocycles. The molecule has 31 heavy (non-hydrogen) atoms. The van der Waals surface area contributed by atoms with E-state index in [1.165, 1.54) is 11.8 Å². The van der Waals surface area contributed by atoms with Crippen LogP contribution in [0, 0.1) is 13.8 Å². The summed E-state index contributed by atoms with van der Waals surface area (Å²) < 4.78 is 11.3. The molecule has 0 atom stereocenters. The van der Waals surface area contributed by atoms with Crippen LogP contribution in [-0.2, 0) is 16.0 Å². The number of anilines is 2. The number of nitrogens with zero attached hydrogens (tertiary/aromatic N) is 1. The summed E-state index contributed by atoms with van der Waals surface area (Å²) in [5.41, 5.74) is 4.69. The van der Waals surface area contributed by atoms with Crippen molar-refractivity contribution in [3.8, 4) is 17.4 Å². The van der Waals surface area contributed by atoms with E-state index in [0.29, 0.717) is 35.9 Å². The van der Waals surface area contributed by atoms with Crippen molar-refractivity contribution in [3.63, 3.8) is 0 Å². The summed E-state index contributed by atoms with van der Waals surface area (Å²) in [5.74, 6) is 1.46. The lowest BCUT2D eigenvalue weighted by molar-refractivity contribution is -0.118. The highest BCUT2D eigenvalue weighted by molar-refractivity contribution is 5.94. The maximum Gasteiger partial charge on any atom is 0.262 e. The smallest absolute Gasteiger partial charge is 0.262 e. The number of fused-ring (bicyclic) bond motifs is 1. The van der Waals surface area contributed by atoms with Gasteiger partial charge in [-0.3, -0.25) is 9.59 Å². The van der Waals surface area contributed by atoms with E-state index in [9.17, 15) is 9.59 Å². The monoisotopic (exact) mass is 417 g/mol. The fraction of sp³-hybridized carbons (Fsp3) is 0.208. The van der Waals surface area contributed by atoms with Gasteiger partial charge in [0.2, 0.25) is 11.8 Å². The summed E-state index contributed by atoms with van der Waals surface area (Å²) in [6, 6.07) is 14.6. The summed E-state index contributed by atoms with van der Waals surface area (Å²) in [6.45, 7) is 3.94. The van der Waals surface area contributed by atoms with Crippen molar-refractivity contribution in [2.24, 2.45) is 0 Å². The Morgan fingerprint density at radius 1 is 1.03 bits per heavy atom. The fourth-order valence-electron chi connectivity index (χ4n) is 3.21. The third-order valence-corrected chi connectivity index (χ3v) is 5.06. The molecule has 7 nitrogen and oxygen atoms in total. The van der Waals surface area contributed by atoms with E-state index in [1.807, 2.05) is 38.1 Å². The zero-order valence-electron chi connectivity index (χ0n) is 17.4. The number of benzene rings is 2. The van der Waals surface area contributed by atoms with E-state index in [0.717, 1.165) is 16.8 Å². The first-order valence-electron chi connectivity index (χ1n) is 10.0. The van der Waals surface area contributed by atoms with Gasteiger partial charge in [-0.05, 0) is 73.4 Å². The lowest BCUT2D eigenvalue weighted by atomic mass is 10.0. The topological polar surface area (TPSA) is 89.5 Å². The predicted molar refractivity (Wildman–Crippen MR) is 118 cm³/mol. The Bertz CT molecular complexity index is 1130. The van der Waals surface area contributed by atoms with E-state index in [1.54, 1.807) is 24.3 Å². The first kappa shape index (κ1) is 20.4. The lowest BCUT2D eigenvalue weighted by Gasteiger charge is -2.17. The van der Waals surface area contributed by atoms with Crippen LogP contribution in [0.1, 0.15) is 23.1 Å². The number of ether oxygens (including phenoxy) is 2. The number of aryl methyl sites for hydroxylation is 3. The largest absolute Gasteiger partial charge is 0.484 e. The summed E-state index contributed by atoms with van der Waals surface area (Å²) in [6.07, 6.45) is 2.65. The highest BCUT2D eigenvalue weighted by atomic mass is 16.5. The molecule has 4 rings (SSSR count). The van der Waals surface area contributed by atoms with Crippen LogP contribution in [-0.4, -0.2) is 23.4 Å². The van der Waals surface area contributed by atoms with Gasteiger partial charge < -0.3 is 20.1 Å². The molecule has 0 bridgehead atoms. The molecule has 2 amide bonds. The van der Waals surface area contributed by atoms with Gasteiger partial charge in [-0.2, -0.15) is 0 Å².